The molecule has 3 atom stereocenters. The lowest BCUT2D eigenvalue weighted by atomic mass is 10.1. The Balaban J connectivity index is 1.24. The highest BCUT2D eigenvalue weighted by Crippen LogP contribution is 2.59. The molecule has 6 rings (SSSR count). The summed E-state index contributed by atoms with van der Waals surface area (Å²) in [5.41, 5.74) is -4.74. The number of hydrogen-bond donors (Lipinski definition) is 4. The lowest BCUT2D eigenvalue weighted by Gasteiger charge is -2.38. The van der Waals surface area contributed by atoms with Crippen molar-refractivity contribution in [1.29, 1.82) is 0 Å². The number of rotatable bonds is 6. The van der Waals surface area contributed by atoms with Gasteiger partial charge in [-0.2, -0.15) is 8.78 Å². The van der Waals surface area contributed by atoms with Crippen molar-refractivity contribution in [3.63, 3.8) is 0 Å². The number of fused-ring (bicyclic) bond motifs is 3. The summed E-state index contributed by atoms with van der Waals surface area (Å²) in [7, 11) is -5.80. The van der Waals surface area contributed by atoms with Crippen molar-refractivity contribution in [2.24, 2.45) is 0 Å². The molecule has 0 aliphatic carbocycles. The summed E-state index contributed by atoms with van der Waals surface area (Å²) < 4.78 is 40.4. The first-order chi connectivity index (χ1) is 22.2. The number of amides is 4. The molecule has 1 unspecified atom stereocenters. The Morgan fingerprint density at radius 2 is 1.70 bits per heavy atom. The van der Waals surface area contributed by atoms with Crippen LogP contribution in [0.15, 0.2) is 66.7 Å². The minimum atomic E-state index is -5.80. The van der Waals surface area contributed by atoms with Crippen LogP contribution in [0.3, 0.4) is 0 Å². The maximum atomic E-state index is 14.3. The van der Waals surface area contributed by atoms with Gasteiger partial charge in [0, 0.05) is 42.0 Å². The van der Waals surface area contributed by atoms with Crippen LogP contribution in [0.2, 0.25) is 0 Å². The maximum Gasteiger partial charge on any atom is 0.399 e. The SMILES string of the molecule is CC(=O)N1CC[C@H]2CC[C@@H](C(=O)Nc3ccc4ccccc4c3)N2C(=O)C(NC(=O)c2cc3cc(C(F)(F)P(=O)(O)O)ccc3s2)C1. The Kier molecular flexibility index (Phi) is 8.64. The first kappa shape index (κ1) is 32.7. The zero-order valence-corrected chi connectivity index (χ0v) is 26.8. The van der Waals surface area contributed by atoms with Gasteiger partial charge >= 0.3 is 13.3 Å². The number of thiophene rings is 1. The van der Waals surface area contributed by atoms with Gasteiger partial charge in [-0.05, 0) is 65.8 Å². The summed E-state index contributed by atoms with van der Waals surface area (Å²) in [5, 5.41) is 7.73. The molecule has 4 aromatic rings. The fourth-order valence-corrected chi connectivity index (χ4v) is 7.68. The van der Waals surface area contributed by atoms with Crippen molar-refractivity contribution in [3.05, 3.63) is 77.2 Å². The summed E-state index contributed by atoms with van der Waals surface area (Å²) >= 11 is 0.945. The summed E-state index contributed by atoms with van der Waals surface area (Å²) in [5.74, 6) is -1.87. The van der Waals surface area contributed by atoms with Crippen LogP contribution in [0.25, 0.3) is 20.9 Å². The van der Waals surface area contributed by atoms with Gasteiger partial charge in [-0.25, -0.2) is 0 Å². The molecule has 11 nitrogen and oxygen atoms in total. The summed E-state index contributed by atoms with van der Waals surface area (Å²) in [6.07, 6.45) is 1.39. The fraction of sp³-hybridized carbons (Fsp3) is 0.312. The van der Waals surface area contributed by atoms with Crippen molar-refractivity contribution < 1.29 is 42.3 Å². The summed E-state index contributed by atoms with van der Waals surface area (Å²) in [4.78, 5) is 74.9. The van der Waals surface area contributed by atoms with E-state index >= 15 is 0 Å². The molecule has 4 N–H and O–H groups in total. The van der Waals surface area contributed by atoms with E-state index in [1.54, 1.807) is 6.07 Å². The predicted molar refractivity (Wildman–Crippen MR) is 172 cm³/mol. The molecule has 2 fully saturated rings. The first-order valence-corrected chi connectivity index (χ1v) is 17.3. The van der Waals surface area contributed by atoms with Crippen molar-refractivity contribution in [2.45, 2.75) is 50.0 Å². The molecule has 246 valence electrons. The Hall–Kier alpha value is -4.23. The summed E-state index contributed by atoms with van der Waals surface area (Å²) in [6, 6.07) is 15.2. The molecule has 4 amide bonds. The highest BCUT2D eigenvalue weighted by molar-refractivity contribution is 7.52. The monoisotopic (exact) mass is 684 g/mol. The van der Waals surface area contributed by atoms with E-state index in [1.807, 2.05) is 36.4 Å². The van der Waals surface area contributed by atoms with Crippen LogP contribution in [0.1, 0.15) is 41.4 Å². The second kappa shape index (κ2) is 12.4. The lowest BCUT2D eigenvalue weighted by molar-refractivity contribution is -0.143. The molecule has 3 aromatic carbocycles. The third-order valence-electron chi connectivity index (χ3n) is 8.71. The van der Waals surface area contributed by atoms with Crippen molar-refractivity contribution in [1.82, 2.24) is 15.1 Å². The number of carbonyl (C=O) groups is 4. The number of halogens is 2. The van der Waals surface area contributed by atoms with Crippen LogP contribution in [-0.2, 0) is 24.6 Å². The molecular formula is C32H31F2N4O7PS. The van der Waals surface area contributed by atoms with E-state index in [4.69, 9.17) is 9.79 Å². The van der Waals surface area contributed by atoms with Gasteiger partial charge in [0.1, 0.15) is 12.1 Å². The van der Waals surface area contributed by atoms with Crippen LogP contribution >= 0.6 is 18.9 Å². The van der Waals surface area contributed by atoms with Crippen molar-refractivity contribution in [2.75, 3.05) is 18.4 Å². The normalized spacial score (nSPS) is 20.5. The number of benzene rings is 3. The van der Waals surface area contributed by atoms with Crippen LogP contribution in [0.4, 0.5) is 14.5 Å². The molecule has 0 radical (unpaired) electrons. The second-order valence-electron chi connectivity index (χ2n) is 11.8. The Morgan fingerprint density at radius 1 is 0.957 bits per heavy atom. The van der Waals surface area contributed by atoms with E-state index in [2.05, 4.69) is 10.6 Å². The first-order valence-electron chi connectivity index (χ1n) is 14.9. The van der Waals surface area contributed by atoms with Gasteiger partial charge in [0.2, 0.25) is 17.7 Å². The van der Waals surface area contributed by atoms with E-state index in [9.17, 15) is 32.5 Å². The van der Waals surface area contributed by atoms with Gasteiger partial charge in [-0.3, -0.25) is 23.7 Å². The Labute approximate surface area is 271 Å². The van der Waals surface area contributed by atoms with E-state index in [-0.39, 0.29) is 34.7 Å². The third-order valence-corrected chi connectivity index (χ3v) is 10.8. The third kappa shape index (κ3) is 6.38. The largest absolute Gasteiger partial charge is 0.399 e. The minimum absolute atomic E-state index is 0.0597. The lowest BCUT2D eigenvalue weighted by Crippen LogP contribution is -2.60. The van der Waals surface area contributed by atoms with Gasteiger partial charge < -0.3 is 30.2 Å². The van der Waals surface area contributed by atoms with Crippen LogP contribution in [0, 0.1) is 0 Å². The number of alkyl halides is 2. The number of nitrogens with one attached hydrogen (secondary N) is 2. The van der Waals surface area contributed by atoms with E-state index in [0.29, 0.717) is 36.2 Å². The molecule has 15 heteroatoms. The predicted octanol–water partition coefficient (Wildman–Crippen LogP) is 4.63. The zero-order chi connectivity index (χ0) is 33.7. The highest BCUT2D eigenvalue weighted by Gasteiger charge is 2.50. The van der Waals surface area contributed by atoms with Gasteiger partial charge in [-0.1, -0.05) is 36.4 Å². The van der Waals surface area contributed by atoms with E-state index < -0.39 is 42.7 Å². The van der Waals surface area contributed by atoms with Gasteiger partial charge in [0.05, 0.1) is 4.88 Å². The Morgan fingerprint density at radius 3 is 2.43 bits per heavy atom. The molecule has 47 heavy (non-hydrogen) atoms. The van der Waals surface area contributed by atoms with Crippen molar-refractivity contribution in [3.8, 4) is 0 Å². The van der Waals surface area contributed by atoms with E-state index in [0.717, 1.165) is 34.2 Å². The Bertz CT molecular complexity index is 1960. The number of nitrogens with zero attached hydrogens (tertiary/aromatic N) is 2. The van der Waals surface area contributed by atoms with Crippen LogP contribution in [0.5, 0.6) is 0 Å². The molecule has 2 saturated heterocycles. The highest BCUT2D eigenvalue weighted by atomic mass is 32.1. The molecule has 0 spiro atoms. The van der Waals surface area contributed by atoms with Crippen molar-refractivity contribution >= 4 is 69.1 Å². The second-order valence-corrected chi connectivity index (χ2v) is 14.5. The van der Waals surface area contributed by atoms with Gasteiger partial charge in [0.15, 0.2) is 0 Å². The molecule has 2 aliphatic heterocycles. The van der Waals surface area contributed by atoms with Crippen LogP contribution in [-0.4, -0.2) is 74.4 Å². The van der Waals surface area contributed by atoms with Gasteiger partial charge in [-0.15, -0.1) is 11.3 Å². The minimum Gasteiger partial charge on any atom is -0.340 e. The number of anilines is 1. The fourth-order valence-electron chi connectivity index (χ4n) is 6.26. The smallest absolute Gasteiger partial charge is 0.340 e. The topological polar surface area (TPSA) is 156 Å². The molecule has 0 bridgehead atoms. The number of carbonyl (C=O) groups excluding carboxylic acids is 4. The molecule has 1 aromatic heterocycles. The van der Waals surface area contributed by atoms with E-state index in [1.165, 1.54) is 28.9 Å². The standard InChI is InChI=1S/C32H31F2N4O7PS/c1-18(39)37-13-12-24-9-10-26(29(40)35-23-8-6-19-4-2-3-5-20(19)15-23)38(24)31(42)25(17-37)36-30(41)28-16-21-14-22(7-11-27(21)47-28)32(33,34)46(43,44)45/h2-8,11,14-16,24-26H,9-10,12-13,17H2,1H3,(H,35,40)(H,36,41)(H2,43,44,45)/t24-,25?,26+/m1/s1. The summed E-state index contributed by atoms with van der Waals surface area (Å²) in [6.45, 7) is 1.55. The molecule has 2 aliphatic rings. The molecule has 0 saturated carbocycles. The zero-order valence-electron chi connectivity index (χ0n) is 25.1. The van der Waals surface area contributed by atoms with Gasteiger partial charge in [0.25, 0.3) is 5.91 Å². The molecular weight excluding hydrogens is 653 g/mol. The van der Waals surface area contributed by atoms with Crippen LogP contribution < -0.4 is 10.6 Å². The number of hydrogen-bond acceptors (Lipinski definition) is 6. The quantitative estimate of drug-likeness (QED) is 0.216. The molecule has 3 heterocycles. The maximum absolute atomic E-state index is 14.3. The average Bonchev–Trinajstić information content (AvgIpc) is 3.64. The average molecular weight is 685 g/mol.